The summed E-state index contributed by atoms with van der Waals surface area (Å²) in [6, 6.07) is 15.6. The molecule has 0 radical (unpaired) electrons. The summed E-state index contributed by atoms with van der Waals surface area (Å²) < 4.78 is 0. The number of amides is 3. The smallest absolute Gasteiger partial charge is 0.269 e. The number of nitrogens with one attached hydrogen (secondary N) is 3. The molecule has 0 aliphatic carbocycles. The van der Waals surface area contributed by atoms with Crippen molar-refractivity contribution in [3.63, 3.8) is 0 Å². The molecule has 0 bridgehead atoms. The first-order valence-electron chi connectivity index (χ1n) is 7.26. The lowest BCUT2D eigenvalue weighted by molar-refractivity contribution is -0.117. The molecular formula is C18H17N3O3. The number of hydrogen-bond acceptors (Lipinski definition) is 3. The minimum atomic E-state index is -0.453. The fourth-order valence-corrected chi connectivity index (χ4v) is 1.88. The van der Waals surface area contributed by atoms with Crippen LogP contribution in [0.4, 0.5) is 5.69 Å². The van der Waals surface area contributed by atoms with Crippen molar-refractivity contribution in [2.45, 2.75) is 6.92 Å². The zero-order valence-corrected chi connectivity index (χ0v) is 13.1. The van der Waals surface area contributed by atoms with Gasteiger partial charge in [0.05, 0.1) is 0 Å². The van der Waals surface area contributed by atoms with E-state index in [1.807, 2.05) is 30.3 Å². The summed E-state index contributed by atoms with van der Waals surface area (Å²) in [6.07, 6.45) is 2.97. The summed E-state index contributed by atoms with van der Waals surface area (Å²) >= 11 is 0. The lowest BCUT2D eigenvalue weighted by Gasteiger charge is -2.06. The van der Waals surface area contributed by atoms with E-state index in [4.69, 9.17) is 0 Å². The van der Waals surface area contributed by atoms with Crippen molar-refractivity contribution in [3.8, 4) is 0 Å². The van der Waals surface area contributed by atoms with Crippen LogP contribution in [0.15, 0.2) is 60.7 Å². The summed E-state index contributed by atoms with van der Waals surface area (Å²) in [4.78, 5) is 34.5. The van der Waals surface area contributed by atoms with E-state index >= 15 is 0 Å². The molecule has 0 aliphatic heterocycles. The van der Waals surface area contributed by atoms with Crippen LogP contribution in [-0.2, 0) is 9.59 Å². The molecule has 0 aliphatic rings. The van der Waals surface area contributed by atoms with Crippen molar-refractivity contribution in [1.29, 1.82) is 0 Å². The Hall–Kier alpha value is -3.41. The quantitative estimate of drug-likeness (QED) is 0.595. The van der Waals surface area contributed by atoms with Crippen LogP contribution in [0.2, 0.25) is 0 Å². The molecule has 0 atom stereocenters. The maximum atomic E-state index is 11.9. The Kier molecular flexibility index (Phi) is 5.85. The van der Waals surface area contributed by atoms with Gasteiger partial charge in [0.15, 0.2) is 0 Å². The highest BCUT2D eigenvalue weighted by atomic mass is 16.2. The number of carbonyl (C=O) groups is 3. The highest BCUT2D eigenvalue weighted by Gasteiger charge is 2.06. The SMILES string of the molecule is CC(=O)Nc1ccc(C(=O)NNC(=O)/C=C/c2ccccc2)cc1. The van der Waals surface area contributed by atoms with Gasteiger partial charge in [-0.1, -0.05) is 30.3 Å². The number of carbonyl (C=O) groups excluding carboxylic acids is 3. The Bertz CT molecular complexity index is 753. The van der Waals surface area contributed by atoms with Crippen molar-refractivity contribution >= 4 is 29.5 Å². The Labute approximate surface area is 139 Å². The Balaban J connectivity index is 1.85. The van der Waals surface area contributed by atoms with Gasteiger partial charge < -0.3 is 5.32 Å². The first-order chi connectivity index (χ1) is 11.5. The summed E-state index contributed by atoms with van der Waals surface area (Å²) in [5.41, 5.74) is 6.45. The van der Waals surface area contributed by atoms with Gasteiger partial charge in [-0.25, -0.2) is 0 Å². The average Bonchev–Trinajstić information content (AvgIpc) is 2.59. The first-order valence-corrected chi connectivity index (χ1v) is 7.26. The second kappa shape index (κ2) is 8.28. The number of anilines is 1. The molecule has 0 saturated carbocycles. The van der Waals surface area contributed by atoms with Gasteiger partial charge in [-0.2, -0.15) is 0 Å². The van der Waals surface area contributed by atoms with Gasteiger partial charge in [-0.3, -0.25) is 25.2 Å². The Morgan fingerprint density at radius 3 is 2.17 bits per heavy atom. The number of rotatable bonds is 4. The predicted molar refractivity (Wildman–Crippen MR) is 91.8 cm³/mol. The molecule has 0 saturated heterocycles. The van der Waals surface area contributed by atoms with Crippen molar-refractivity contribution in [2.24, 2.45) is 0 Å². The van der Waals surface area contributed by atoms with E-state index in [2.05, 4.69) is 16.2 Å². The van der Waals surface area contributed by atoms with Crippen molar-refractivity contribution < 1.29 is 14.4 Å². The van der Waals surface area contributed by atoms with Gasteiger partial charge in [-0.05, 0) is 35.9 Å². The minimum Gasteiger partial charge on any atom is -0.326 e. The zero-order chi connectivity index (χ0) is 17.4. The number of benzene rings is 2. The van der Waals surface area contributed by atoms with Crippen LogP contribution in [0.1, 0.15) is 22.8 Å². The van der Waals surface area contributed by atoms with E-state index in [9.17, 15) is 14.4 Å². The molecular weight excluding hydrogens is 306 g/mol. The van der Waals surface area contributed by atoms with Crippen LogP contribution in [-0.4, -0.2) is 17.7 Å². The molecule has 6 nitrogen and oxygen atoms in total. The van der Waals surface area contributed by atoms with Crippen LogP contribution in [0.3, 0.4) is 0 Å². The first kappa shape index (κ1) is 17.0. The van der Waals surface area contributed by atoms with Crippen LogP contribution in [0.25, 0.3) is 6.08 Å². The highest BCUT2D eigenvalue weighted by Crippen LogP contribution is 2.09. The van der Waals surface area contributed by atoms with Crippen LogP contribution >= 0.6 is 0 Å². The monoisotopic (exact) mass is 323 g/mol. The summed E-state index contributed by atoms with van der Waals surface area (Å²) in [6.45, 7) is 1.40. The molecule has 0 heterocycles. The molecule has 2 aromatic rings. The molecule has 3 N–H and O–H groups in total. The Morgan fingerprint density at radius 1 is 0.875 bits per heavy atom. The third-order valence-corrected chi connectivity index (χ3v) is 2.99. The van der Waals surface area contributed by atoms with E-state index in [-0.39, 0.29) is 5.91 Å². The lowest BCUT2D eigenvalue weighted by Crippen LogP contribution is -2.40. The third-order valence-electron chi connectivity index (χ3n) is 2.99. The van der Waals surface area contributed by atoms with Gasteiger partial charge in [-0.15, -0.1) is 0 Å². The molecule has 6 heteroatoms. The van der Waals surface area contributed by atoms with Crippen LogP contribution < -0.4 is 16.2 Å². The lowest BCUT2D eigenvalue weighted by atomic mass is 10.2. The van der Waals surface area contributed by atoms with Crippen molar-refractivity contribution in [2.75, 3.05) is 5.32 Å². The maximum Gasteiger partial charge on any atom is 0.269 e. The molecule has 0 spiro atoms. The van der Waals surface area contributed by atoms with Gasteiger partial charge in [0, 0.05) is 24.3 Å². The van der Waals surface area contributed by atoms with Gasteiger partial charge in [0.25, 0.3) is 11.8 Å². The van der Waals surface area contributed by atoms with Crippen LogP contribution in [0, 0.1) is 0 Å². The standard InChI is InChI=1S/C18H17N3O3/c1-13(22)19-16-10-8-15(9-11-16)18(24)21-20-17(23)12-7-14-5-3-2-4-6-14/h2-12H,1H3,(H,19,22)(H,20,23)(H,21,24)/b12-7+. The van der Waals surface area contributed by atoms with E-state index in [1.165, 1.54) is 13.0 Å². The molecule has 0 fully saturated rings. The summed E-state index contributed by atoms with van der Waals surface area (Å²) in [5, 5.41) is 2.60. The third kappa shape index (κ3) is 5.42. The molecule has 0 unspecified atom stereocenters. The second-order valence-corrected chi connectivity index (χ2v) is 4.95. The normalized spacial score (nSPS) is 10.2. The maximum absolute atomic E-state index is 11.9. The fraction of sp³-hybridized carbons (Fsp3) is 0.0556. The van der Waals surface area contributed by atoms with Gasteiger partial charge in [0.2, 0.25) is 5.91 Å². The number of hydrogen-bond donors (Lipinski definition) is 3. The molecule has 24 heavy (non-hydrogen) atoms. The summed E-state index contributed by atoms with van der Waals surface area (Å²) in [5.74, 6) is -1.09. The number of hydrazine groups is 1. The van der Waals surface area contributed by atoms with Crippen molar-refractivity contribution in [1.82, 2.24) is 10.9 Å². The molecule has 3 amide bonds. The van der Waals surface area contributed by atoms with E-state index in [1.54, 1.807) is 30.3 Å². The van der Waals surface area contributed by atoms with Gasteiger partial charge >= 0.3 is 0 Å². The topological polar surface area (TPSA) is 87.3 Å². The zero-order valence-electron chi connectivity index (χ0n) is 13.1. The predicted octanol–water partition coefficient (Wildman–Crippen LogP) is 2.12. The minimum absolute atomic E-state index is 0.190. The van der Waals surface area contributed by atoms with E-state index in [0.717, 1.165) is 5.56 Å². The van der Waals surface area contributed by atoms with E-state index < -0.39 is 11.8 Å². The highest BCUT2D eigenvalue weighted by molar-refractivity contribution is 5.98. The molecule has 122 valence electrons. The van der Waals surface area contributed by atoms with Crippen molar-refractivity contribution in [3.05, 3.63) is 71.8 Å². The summed E-state index contributed by atoms with van der Waals surface area (Å²) in [7, 11) is 0. The molecule has 2 aromatic carbocycles. The fourth-order valence-electron chi connectivity index (χ4n) is 1.88. The van der Waals surface area contributed by atoms with Crippen LogP contribution in [0.5, 0.6) is 0 Å². The molecule has 0 aromatic heterocycles. The average molecular weight is 323 g/mol. The van der Waals surface area contributed by atoms with E-state index in [0.29, 0.717) is 11.3 Å². The largest absolute Gasteiger partial charge is 0.326 e. The Morgan fingerprint density at radius 2 is 1.54 bits per heavy atom. The van der Waals surface area contributed by atoms with Gasteiger partial charge in [0.1, 0.15) is 0 Å². The molecule has 2 rings (SSSR count). The second-order valence-electron chi connectivity index (χ2n) is 4.95.